The fourth-order valence-electron chi connectivity index (χ4n) is 3.47. The number of aryl methyl sites for hydroxylation is 1. The molecule has 1 atom stereocenters. The number of nitrogens with zero attached hydrogens (tertiary/aromatic N) is 4. The predicted molar refractivity (Wildman–Crippen MR) is 97.0 cm³/mol. The van der Waals surface area contributed by atoms with E-state index >= 15 is 0 Å². The van der Waals surface area contributed by atoms with E-state index in [0.717, 1.165) is 24.5 Å². The van der Waals surface area contributed by atoms with Gasteiger partial charge in [0.15, 0.2) is 0 Å². The minimum absolute atomic E-state index is 0.122. The molecule has 1 fully saturated rings. The molecule has 6 heteroatoms. The van der Waals surface area contributed by atoms with Crippen molar-refractivity contribution in [3.05, 3.63) is 57.5 Å². The number of hydrogen-bond donors (Lipinski definition) is 0. The summed E-state index contributed by atoms with van der Waals surface area (Å²) in [6.45, 7) is 5.32. The molecule has 0 radical (unpaired) electrons. The summed E-state index contributed by atoms with van der Waals surface area (Å²) in [6.07, 6.45) is 5.04. The van der Waals surface area contributed by atoms with E-state index in [2.05, 4.69) is 47.0 Å². The van der Waals surface area contributed by atoms with Crippen molar-refractivity contribution in [2.75, 3.05) is 11.4 Å². The van der Waals surface area contributed by atoms with E-state index in [4.69, 9.17) is 0 Å². The molecule has 1 saturated heterocycles. The zero-order valence-electron chi connectivity index (χ0n) is 13.9. The summed E-state index contributed by atoms with van der Waals surface area (Å²) in [6, 6.07) is 8.29. The van der Waals surface area contributed by atoms with Crippen LogP contribution in [0.4, 0.5) is 5.13 Å². The average Bonchev–Trinajstić information content (AvgIpc) is 3.03. The number of aromatic nitrogens is 3. The van der Waals surface area contributed by atoms with Gasteiger partial charge in [-0.25, -0.2) is 4.98 Å². The van der Waals surface area contributed by atoms with Crippen molar-refractivity contribution in [1.82, 2.24) is 14.6 Å². The third-order valence-electron chi connectivity index (χ3n) is 4.91. The Morgan fingerprint density at radius 3 is 2.92 bits per heavy atom. The highest BCUT2D eigenvalue weighted by molar-refractivity contribution is 7.20. The predicted octanol–water partition coefficient (Wildman–Crippen LogP) is 3.50. The molecule has 0 amide bonds. The van der Waals surface area contributed by atoms with E-state index in [1.54, 1.807) is 6.20 Å². The number of rotatable bonds is 2. The Morgan fingerprint density at radius 1 is 1.21 bits per heavy atom. The van der Waals surface area contributed by atoms with Gasteiger partial charge in [0.1, 0.15) is 0 Å². The van der Waals surface area contributed by atoms with E-state index in [0.29, 0.717) is 11.0 Å². The molecular weight excluding hydrogens is 320 g/mol. The van der Waals surface area contributed by atoms with Crippen molar-refractivity contribution in [2.45, 2.75) is 39.2 Å². The van der Waals surface area contributed by atoms with Crippen LogP contribution in [0, 0.1) is 13.8 Å². The number of benzene rings is 1. The Kier molecular flexibility index (Phi) is 3.84. The van der Waals surface area contributed by atoms with Crippen molar-refractivity contribution >= 4 is 21.4 Å². The second-order valence-electron chi connectivity index (χ2n) is 6.36. The van der Waals surface area contributed by atoms with Crippen LogP contribution in [0.1, 0.15) is 42.0 Å². The molecule has 3 aromatic rings. The molecule has 1 aliphatic rings. The quantitative estimate of drug-likeness (QED) is 0.716. The van der Waals surface area contributed by atoms with Gasteiger partial charge >= 0.3 is 0 Å². The highest BCUT2D eigenvalue weighted by Gasteiger charge is 2.28. The molecule has 0 spiro atoms. The molecule has 0 unspecified atom stereocenters. The summed E-state index contributed by atoms with van der Waals surface area (Å²) in [4.78, 5) is 19.3. The van der Waals surface area contributed by atoms with Crippen LogP contribution in [0.3, 0.4) is 0 Å². The van der Waals surface area contributed by atoms with Crippen LogP contribution in [0.5, 0.6) is 0 Å². The van der Waals surface area contributed by atoms with Crippen molar-refractivity contribution < 1.29 is 0 Å². The van der Waals surface area contributed by atoms with Gasteiger partial charge in [-0.3, -0.25) is 4.79 Å². The maximum absolute atomic E-state index is 12.0. The molecule has 24 heavy (non-hydrogen) atoms. The van der Waals surface area contributed by atoms with Gasteiger partial charge in [-0.2, -0.15) is 4.52 Å². The fraction of sp³-hybridized carbons (Fsp3) is 0.389. The first kappa shape index (κ1) is 15.3. The van der Waals surface area contributed by atoms with Crippen LogP contribution in [0.2, 0.25) is 0 Å². The van der Waals surface area contributed by atoms with Crippen LogP contribution in [0.15, 0.2) is 35.3 Å². The largest absolute Gasteiger partial charge is 0.340 e. The molecule has 1 aromatic carbocycles. The second-order valence-corrected chi connectivity index (χ2v) is 7.29. The molecule has 0 N–H and O–H groups in total. The molecule has 4 rings (SSSR count). The van der Waals surface area contributed by atoms with E-state index in [9.17, 15) is 4.79 Å². The Morgan fingerprint density at radius 2 is 2.08 bits per heavy atom. The first-order valence-corrected chi connectivity index (χ1v) is 9.14. The number of anilines is 1. The standard InChI is InChI=1S/C18H20N4OS/c1-12-6-5-7-14(13(12)2)15-8-3-4-11-21(15)18-20-22-16(23)9-10-19-17(22)24-18/h5-7,9-10,15H,3-4,8,11H2,1-2H3/t15-/m1/s1. The van der Waals surface area contributed by atoms with Gasteiger partial charge in [-0.15, -0.1) is 5.10 Å². The Bertz CT molecular complexity index is 946. The van der Waals surface area contributed by atoms with E-state index in [-0.39, 0.29) is 5.56 Å². The van der Waals surface area contributed by atoms with Gasteiger partial charge in [-0.1, -0.05) is 29.5 Å². The van der Waals surface area contributed by atoms with Gasteiger partial charge in [-0.05, 0) is 49.8 Å². The Balaban J connectivity index is 1.80. The van der Waals surface area contributed by atoms with Crippen LogP contribution >= 0.6 is 11.3 Å². The number of hydrogen-bond acceptors (Lipinski definition) is 5. The third-order valence-corrected chi connectivity index (χ3v) is 5.87. The first-order chi connectivity index (χ1) is 11.6. The summed E-state index contributed by atoms with van der Waals surface area (Å²) in [5.74, 6) is 0. The number of fused-ring (bicyclic) bond motifs is 1. The molecule has 5 nitrogen and oxygen atoms in total. The topological polar surface area (TPSA) is 50.5 Å². The lowest BCUT2D eigenvalue weighted by Gasteiger charge is -2.36. The molecule has 3 heterocycles. The summed E-state index contributed by atoms with van der Waals surface area (Å²) >= 11 is 1.49. The molecule has 1 aliphatic heterocycles. The smallest absolute Gasteiger partial charge is 0.275 e. The summed E-state index contributed by atoms with van der Waals surface area (Å²) in [7, 11) is 0. The van der Waals surface area contributed by atoms with Gasteiger partial charge in [0.05, 0.1) is 6.04 Å². The van der Waals surface area contributed by atoms with Crippen LogP contribution in [0.25, 0.3) is 4.96 Å². The molecule has 0 bridgehead atoms. The average molecular weight is 340 g/mol. The van der Waals surface area contributed by atoms with Crippen molar-refractivity contribution in [3.8, 4) is 0 Å². The Hall–Kier alpha value is -2.21. The third kappa shape index (κ3) is 2.51. The lowest BCUT2D eigenvalue weighted by atomic mass is 9.91. The Labute approximate surface area is 144 Å². The van der Waals surface area contributed by atoms with Crippen LogP contribution < -0.4 is 10.5 Å². The molecule has 2 aromatic heterocycles. The minimum atomic E-state index is -0.122. The maximum atomic E-state index is 12.0. The van der Waals surface area contributed by atoms with Crippen molar-refractivity contribution in [1.29, 1.82) is 0 Å². The lowest BCUT2D eigenvalue weighted by molar-refractivity contribution is 0.469. The van der Waals surface area contributed by atoms with Gasteiger partial charge in [0, 0.05) is 18.8 Å². The van der Waals surface area contributed by atoms with Gasteiger partial charge in [0.2, 0.25) is 10.1 Å². The summed E-state index contributed by atoms with van der Waals surface area (Å²) < 4.78 is 1.41. The minimum Gasteiger partial charge on any atom is -0.340 e. The van der Waals surface area contributed by atoms with Crippen LogP contribution in [-0.4, -0.2) is 21.1 Å². The zero-order valence-corrected chi connectivity index (χ0v) is 14.7. The zero-order chi connectivity index (χ0) is 16.7. The lowest BCUT2D eigenvalue weighted by Crippen LogP contribution is -2.34. The second kappa shape index (κ2) is 6.02. The summed E-state index contributed by atoms with van der Waals surface area (Å²) in [5, 5.41) is 5.44. The van der Waals surface area contributed by atoms with Gasteiger partial charge in [0.25, 0.3) is 5.56 Å². The molecule has 0 aliphatic carbocycles. The highest BCUT2D eigenvalue weighted by atomic mass is 32.1. The fourth-order valence-corrected chi connectivity index (χ4v) is 4.42. The molecular formula is C18H20N4OS. The molecule has 0 saturated carbocycles. The SMILES string of the molecule is Cc1cccc([C@H]2CCCCN2c2nn3c(=O)ccnc3s2)c1C. The van der Waals surface area contributed by atoms with Gasteiger partial charge < -0.3 is 4.90 Å². The first-order valence-electron chi connectivity index (χ1n) is 8.33. The van der Waals surface area contributed by atoms with Crippen molar-refractivity contribution in [2.24, 2.45) is 0 Å². The molecule has 124 valence electrons. The highest BCUT2D eigenvalue weighted by Crippen LogP contribution is 2.38. The van der Waals surface area contributed by atoms with E-state index < -0.39 is 0 Å². The van der Waals surface area contributed by atoms with E-state index in [1.165, 1.54) is 45.0 Å². The summed E-state index contributed by atoms with van der Waals surface area (Å²) in [5.41, 5.74) is 3.92. The maximum Gasteiger partial charge on any atom is 0.275 e. The van der Waals surface area contributed by atoms with Crippen molar-refractivity contribution in [3.63, 3.8) is 0 Å². The normalized spacial score (nSPS) is 18.2. The van der Waals surface area contributed by atoms with Crippen LogP contribution in [-0.2, 0) is 0 Å². The monoisotopic (exact) mass is 340 g/mol. The number of piperidine rings is 1. The van der Waals surface area contributed by atoms with E-state index in [1.807, 2.05) is 0 Å².